The number of rotatable bonds is 6. The Labute approximate surface area is 222 Å². The molecule has 198 valence electrons. The average molecular weight is 503 g/mol. The number of Topliss-reactive ketones (excluding diaryl/α,β-unsaturated/α-hetero) is 3. The quantitative estimate of drug-likeness (QED) is 0.228. The third-order valence-electron chi connectivity index (χ3n) is 9.08. The molecule has 0 unspecified atom stereocenters. The molecule has 1 aromatic carbocycles. The van der Waals surface area contributed by atoms with Crippen LogP contribution in [0, 0.1) is 22.2 Å². The molecule has 4 rings (SSSR count). The molecule has 0 spiro atoms. The highest BCUT2D eigenvalue weighted by Gasteiger charge is 2.75. The van der Waals surface area contributed by atoms with Crippen LogP contribution in [0.5, 0.6) is 0 Å². The van der Waals surface area contributed by atoms with Crippen molar-refractivity contribution in [3.05, 3.63) is 70.5 Å². The number of benzene rings is 1. The molecule has 1 saturated carbocycles. The summed E-state index contributed by atoms with van der Waals surface area (Å²) in [7, 11) is 0. The lowest BCUT2D eigenvalue weighted by Gasteiger charge is -2.61. The first kappa shape index (κ1) is 27.3. The van der Waals surface area contributed by atoms with Gasteiger partial charge in [0, 0.05) is 11.1 Å². The summed E-state index contributed by atoms with van der Waals surface area (Å²) >= 11 is 0. The molecule has 0 radical (unpaired) electrons. The maximum absolute atomic E-state index is 15.1. The van der Waals surface area contributed by atoms with Crippen molar-refractivity contribution < 1.29 is 19.1 Å². The van der Waals surface area contributed by atoms with E-state index in [4.69, 9.17) is 4.74 Å². The van der Waals surface area contributed by atoms with Crippen molar-refractivity contribution in [2.45, 2.75) is 93.1 Å². The maximum atomic E-state index is 15.1. The van der Waals surface area contributed by atoms with Crippen molar-refractivity contribution in [2.24, 2.45) is 22.2 Å². The number of fused-ring (bicyclic) bond motifs is 3. The SMILES string of the molecule is CC(C)=CC[C@@H]1C[C@]2(CC=C(C)C)C(=O)[C@@](C(=O)c3ccccc3)(C(=O)C3=C2OC(C)(C)CC3)C1(C)C. The second-order valence-corrected chi connectivity index (χ2v) is 13.0. The fourth-order valence-electron chi connectivity index (χ4n) is 6.78. The van der Waals surface area contributed by atoms with Crippen LogP contribution in [0.4, 0.5) is 0 Å². The molecule has 4 nitrogen and oxygen atoms in total. The fraction of sp³-hybridized carbons (Fsp3) is 0.545. The Hall–Kier alpha value is -2.75. The van der Waals surface area contributed by atoms with Gasteiger partial charge in [-0.3, -0.25) is 14.4 Å². The molecule has 1 heterocycles. The summed E-state index contributed by atoms with van der Waals surface area (Å²) in [5.74, 6) is -0.508. The minimum absolute atomic E-state index is 0.0648. The van der Waals surface area contributed by atoms with Gasteiger partial charge in [-0.15, -0.1) is 0 Å². The van der Waals surface area contributed by atoms with Crippen molar-refractivity contribution >= 4 is 17.3 Å². The fourth-order valence-corrected chi connectivity index (χ4v) is 6.78. The molecular weight excluding hydrogens is 460 g/mol. The summed E-state index contributed by atoms with van der Waals surface area (Å²) in [5.41, 5.74) is -0.938. The highest BCUT2D eigenvalue weighted by atomic mass is 16.5. The minimum Gasteiger partial charge on any atom is -0.491 e. The van der Waals surface area contributed by atoms with Gasteiger partial charge >= 0.3 is 0 Å². The van der Waals surface area contributed by atoms with Crippen LogP contribution in [0.15, 0.2) is 65.0 Å². The van der Waals surface area contributed by atoms with Crippen LogP contribution in [0.3, 0.4) is 0 Å². The first-order chi connectivity index (χ1) is 17.2. The van der Waals surface area contributed by atoms with Crippen LogP contribution in [0.1, 0.15) is 97.9 Å². The van der Waals surface area contributed by atoms with Crippen molar-refractivity contribution in [3.8, 4) is 0 Å². The minimum atomic E-state index is -1.79. The van der Waals surface area contributed by atoms with Gasteiger partial charge in [-0.1, -0.05) is 67.5 Å². The standard InChI is InChI=1S/C33H42O4/c1-21(2)14-15-24-20-32(19-16-22(3)4)28-25(17-18-30(5,6)37-28)27(35)33(29(32)36,31(24,7)8)26(34)23-12-10-9-11-13-23/h9-14,16,24H,15,17-20H2,1-8H3/t24-,32+,33-/m1/s1. The normalized spacial score (nSPS) is 29.7. The summed E-state index contributed by atoms with van der Waals surface area (Å²) in [6.07, 6.45) is 7.13. The zero-order chi connectivity index (χ0) is 27.4. The molecule has 2 bridgehead atoms. The van der Waals surface area contributed by atoms with Gasteiger partial charge in [0.1, 0.15) is 11.4 Å². The number of allylic oxidation sites excluding steroid dienone is 6. The maximum Gasteiger partial charge on any atom is 0.184 e. The van der Waals surface area contributed by atoms with Crippen molar-refractivity contribution in [1.82, 2.24) is 0 Å². The van der Waals surface area contributed by atoms with E-state index < -0.39 is 21.8 Å². The van der Waals surface area contributed by atoms with Gasteiger partial charge in [-0.2, -0.15) is 0 Å². The molecule has 0 saturated heterocycles. The van der Waals surface area contributed by atoms with E-state index in [0.717, 1.165) is 5.57 Å². The Morgan fingerprint density at radius 2 is 1.59 bits per heavy atom. The number of carbonyl (C=O) groups excluding carboxylic acids is 3. The zero-order valence-corrected chi connectivity index (χ0v) is 23.8. The molecule has 37 heavy (non-hydrogen) atoms. The number of ketones is 3. The Bertz CT molecular complexity index is 1220. The molecule has 3 aliphatic rings. The van der Waals surface area contributed by atoms with Crippen LogP contribution >= 0.6 is 0 Å². The average Bonchev–Trinajstić information content (AvgIpc) is 2.82. The Morgan fingerprint density at radius 1 is 0.973 bits per heavy atom. The number of hydrogen-bond donors (Lipinski definition) is 0. The van der Waals surface area contributed by atoms with E-state index in [-0.39, 0.29) is 23.3 Å². The monoisotopic (exact) mass is 502 g/mol. The molecule has 0 N–H and O–H groups in total. The predicted octanol–water partition coefficient (Wildman–Crippen LogP) is 7.60. The van der Waals surface area contributed by atoms with Crippen LogP contribution in [0.2, 0.25) is 0 Å². The van der Waals surface area contributed by atoms with E-state index in [1.54, 1.807) is 24.3 Å². The lowest BCUT2D eigenvalue weighted by Crippen LogP contribution is -2.70. The lowest BCUT2D eigenvalue weighted by atomic mass is 9.39. The summed E-state index contributed by atoms with van der Waals surface area (Å²) in [6.45, 7) is 16.1. The molecule has 0 aromatic heterocycles. The molecule has 2 aliphatic carbocycles. The van der Waals surface area contributed by atoms with Gasteiger partial charge < -0.3 is 4.74 Å². The van der Waals surface area contributed by atoms with Gasteiger partial charge in [-0.05, 0) is 85.0 Å². The molecular formula is C33H42O4. The van der Waals surface area contributed by atoms with Gasteiger partial charge in [0.05, 0.1) is 5.41 Å². The topological polar surface area (TPSA) is 60.4 Å². The Kier molecular flexibility index (Phi) is 6.80. The largest absolute Gasteiger partial charge is 0.491 e. The van der Waals surface area contributed by atoms with Gasteiger partial charge in [-0.25, -0.2) is 0 Å². The highest BCUT2D eigenvalue weighted by molar-refractivity contribution is 6.36. The van der Waals surface area contributed by atoms with E-state index in [9.17, 15) is 9.59 Å². The van der Waals surface area contributed by atoms with Crippen LogP contribution in [-0.2, 0) is 14.3 Å². The van der Waals surface area contributed by atoms with Crippen LogP contribution in [0.25, 0.3) is 0 Å². The first-order valence-electron chi connectivity index (χ1n) is 13.6. The second kappa shape index (κ2) is 9.22. The third kappa shape index (κ3) is 4.08. The van der Waals surface area contributed by atoms with Crippen LogP contribution < -0.4 is 0 Å². The third-order valence-corrected chi connectivity index (χ3v) is 9.08. The predicted molar refractivity (Wildman–Crippen MR) is 147 cm³/mol. The van der Waals surface area contributed by atoms with E-state index in [0.29, 0.717) is 49.0 Å². The summed E-state index contributed by atoms with van der Waals surface area (Å²) in [5, 5.41) is 0. The summed E-state index contributed by atoms with van der Waals surface area (Å²) < 4.78 is 6.59. The van der Waals surface area contributed by atoms with E-state index >= 15 is 4.79 Å². The number of hydrogen-bond acceptors (Lipinski definition) is 4. The van der Waals surface area contributed by atoms with Gasteiger partial charge in [0.2, 0.25) is 0 Å². The van der Waals surface area contributed by atoms with E-state index in [1.165, 1.54) is 5.57 Å². The molecule has 1 aliphatic heterocycles. The Morgan fingerprint density at radius 3 is 2.19 bits per heavy atom. The summed E-state index contributed by atoms with van der Waals surface area (Å²) in [4.78, 5) is 44.4. The highest BCUT2D eigenvalue weighted by Crippen LogP contribution is 2.67. The van der Waals surface area contributed by atoms with Crippen molar-refractivity contribution in [3.63, 3.8) is 0 Å². The molecule has 1 aromatic rings. The van der Waals surface area contributed by atoms with Crippen molar-refractivity contribution in [1.29, 1.82) is 0 Å². The van der Waals surface area contributed by atoms with Crippen LogP contribution in [-0.4, -0.2) is 23.0 Å². The molecule has 1 fully saturated rings. The molecule has 3 atom stereocenters. The van der Waals surface area contributed by atoms with Gasteiger partial charge in [0.15, 0.2) is 22.8 Å². The molecule has 0 amide bonds. The molecule has 4 heteroatoms. The zero-order valence-electron chi connectivity index (χ0n) is 23.8. The summed E-state index contributed by atoms with van der Waals surface area (Å²) in [6, 6.07) is 8.90. The smallest absolute Gasteiger partial charge is 0.184 e. The van der Waals surface area contributed by atoms with E-state index in [2.05, 4.69) is 26.0 Å². The van der Waals surface area contributed by atoms with Crippen molar-refractivity contribution in [2.75, 3.05) is 0 Å². The lowest BCUT2D eigenvalue weighted by molar-refractivity contribution is -0.170. The first-order valence-corrected chi connectivity index (χ1v) is 13.6. The number of ether oxygens (including phenoxy) is 1. The Balaban J connectivity index is 2.08. The number of carbonyl (C=O) groups is 3. The van der Waals surface area contributed by atoms with Gasteiger partial charge in [0.25, 0.3) is 0 Å². The second-order valence-electron chi connectivity index (χ2n) is 13.0. The van der Waals surface area contributed by atoms with E-state index in [1.807, 2.05) is 47.6 Å².